The van der Waals surface area contributed by atoms with Crippen LogP contribution in [0.1, 0.15) is 16.9 Å². The van der Waals surface area contributed by atoms with Crippen LogP contribution in [-0.4, -0.2) is 35.5 Å². The third-order valence-electron chi connectivity index (χ3n) is 4.28. The van der Waals surface area contributed by atoms with Crippen molar-refractivity contribution in [1.82, 2.24) is 9.97 Å². The zero-order chi connectivity index (χ0) is 18.1. The fraction of sp³-hybridized carbons (Fsp3) is 0.312. The van der Waals surface area contributed by atoms with E-state index in [9.17, 15) is 4.79 Å². The number of rotatable bonds is 4. The predicted molar refractivity (Wildman–Crippen MR) is 99.8 cm³/mol. The Morgan fingerprint density at radius 1 is 1.32 bits per heavy atom. The maximum atomic E-state index is 12.0. The third kappa shape index (κ3) is 3.35. The molecule has 2 aromatic rings. The number of carbonyl (C=O) groups is 1. The van der Waals surface area contributed by atoms with Crippen LogP contribution in [0.5, 0.6) is 0 Å². The molecule has 1 fully saturated rings. The first-order valence-electron chi connectivity index (χ1n) is 7.79. The molecule has 1 unspecified atom stereocenters. The first-order chi connectivity index (χ1) is 11.9. The Bertz CT molecular complexity index is 829. The second-order valence-corrected chi connectivity index (χ2v) is 6.72. The molecule has 1 amide bonds. The Hall–Kier alpha value is -2.09. The molecule has 0 spiro atoms. The number of primary amides is 1. The van der Waals surface area contributed by atoms with E-state index >= 15 is 0 Å². The number of hydrogen-bond donors (Lipinski definition) is 3. The summed E-state index contributed by atoms with van der Waals surface area (Å²) in [5.74, 6) is 0.142. The molecule has 132 valence electrons. The van der Waals surface area contributed by atoms with E-state index in [2.05, 4.69) is 9.97 Å². The molecule has 1 aromatic carbocycles. The Balaban J connectivity index is 2.11. The van der Waals surface area contributed by atoms with Crippen LogP contribution in [-0.2, 0) is 0 Å². The van der Waals surface area contributed by atoms with E-state index in [1.165, 1.54) is 0 Å². The Morgan fingerprint density at radius 2 is 2.08 bits per heavy atom. The standard InChI is InChI=1S/C16H18Cl2N6O/c17-10-3-1-2-9(12(10)18)11-13(15(21)25)22-16(23-14(11)20)24-5-4-8(6-19)7-24/h1-3,8H,4-7,19H2,(H2,21,25)(H2,20,22,23). The highest BCUT2D eigenvalue weighted by atomic mass is 35.5. The van der Waals surface area contributed by atoms with Crippen molar-refractivity contribution in [2.45, 2.75) is 6.42 Å². The largest absolute Gasteiger partial charge is 0.383 e. The van der Waals surface area contributed by atoms with Crippen LogP contribution in [0.15, 0.2) is 18.2 Å². The highest BCUT2D eigenvalue weighted by Gasteiger charge is 2.27. The van der Waals surface area contributed by atoms with E-state index < -0.39 is 5.91 Å². The lowest BCUT2D eigenvalue weighted by Gasteiger charge is -2.19. The number of aromatic nitrogens is 2. The molecule has 0 bridgehead atoms. The second kappa shape index (κ2) is 7.03. The van der Waals surface area contributed by atoms with E-state index in [0.717, 1.165) is 13.0 Å². The predicted octanol–water partition coefficient (Wildman–Crippen LogP) is 1.92. The molecule has 0 aliphatic carbocycles. The normalized spacial score (nSPS) is 17.1. The number of benzene rings is 1. The number of hydrogen-bond acceptors (Lipinski definition) is 6. The molecule has 1 aliphatic rings. The minimum absolute atomic E-state index is 0.0165. The molecular weight excluding hydrogens is 363 g/mol. The van der Waals surface area contributed by atoms with Gasteiger partial charge in [0.15, 0.2) is 0 Å². The zero-order valence-corrected chi connectivity index (χ0v) is 14.9. The highest BCUT2D eigenvalue weighted by Crippen LogP contribution is 2.38. The van der Waals surface area contributed by atoms with Gasteiger partial charge >= 0.3 is 0 Å². The van der Waals surface area contributed by atoms with Gasteiger partial charge in [0.25, 0.3) is 5.91 Å². The minimum atomic E-state index is -0.712. The smallest absolute Gasteiger partial charge is 0.268 e. The fourth-order valence-corrected chi connectivity index (χ4v) is 3.35. The molecule has 1 aliphatic heterocycles. The summed E-state index contributed by atoms with van der Waals surface area (Å²) in [5, 5.41) is 0.600. The molecule has 1 aromatic heterocycles. The molecule has 25 heavy (non-hydrogen) atoms. The summed E-state index contributed by atoms with van der Waals surface area (Å²) >= 11 is 12.3. The van der Waals surface area contributed by atoms with Gasteiger partial charge in [0.1, 0.15) is 11.5 Å². The van der Waals surface area contributed by atoms with Gasteiger partial charge in [0.05, 0.1) is 15.6 Å². The highest BCUT2D eigenvalue weighted by molar-refractivity contribution is 6.44. The van der Waals surface area contributed by atoms with Gasteiger partial charge in [-0.3, -0.25) is 4.79 Å². The number of nitrogen functional groups attached to an aromatic ring is 1. The second-order valence-electron chi connectivity index (χ2n) is 5.93. The van der Waals surface area contributed by atoms with Crippen LogP contribution < -0.4 is 22.1 Å². The van der Waals surface area contributed by atoms with Crippen LogP contribution >= 0.6 is 23.2 Å². The summed E-state index contributed by atoms with van der Waals surface area (Å²) in [4.78, 5) is 22.6. The van der Waals surface area contributed by atoms with Crippen LogP contribution in [0.25, 0.3) is 11.1 Å². The molecule has 0 saturated carbocycles. The van der Waals surface area contributed by atoms with Gasteiger partial charge in [0.2, 0.25) is 5.95 Å². The molecule has 7 nitrogen and oxygen atoms in total. The van der Waals surface area contributed by atoms with Crippen molar-refractivity contribution in [2.75, 3.05) is 30.3 Å². The zero-order valence-electron chi connectivity index (χ0n) is 13.4. The van der Waals surface area contributed by atoms with E-state index in [0.29, 0.717) is 41.1 Å². The number of nitrogens with zero attached hydrogens (tertiary/aromatic N) is 3. The summed E-state index contributed by atoms with van der Waals surface area (Å²) in [6.45, 7) is 2.05. The average Bonchev–Trinajstić information content (AvgIpc) is 3.06. The lowest BCUT2D eigenvalue weighted by Crippen LogP contribution is -2.26. The first kappa shape index (κ1) is 17.7. The van der Waals surface area contributed by atoms with Crippen molar-refractivity contribution < 1.29 is 4.79 Å². The van der Waals surface area contributed by atoms with Gasteiger partial charge in [-0.25, -0.2) is 4.98 Å². The Kier molecular flexibility index (Phi) is 4.99. The lowest BCUT2D eigenvalue weighted by atomic mass is 10.0. The topological polar surface area (TPSA) is 124 Å². The van der Waals surface area contributed by atoms with E-state index in [4.69, 9.17) is 40.4 Å². The first-order valence-corrected chi connectivity index (χ1v) is 8.54. The van der Waals surface area contributed by atoms with Crippen LogP contribution in [0.4, 0.5) is 11.8 Å². The monoisotopic (exact) mass is 380 g/mol. The molecule has 9 heteroatoms. The SMILES string of the molecule is NCC1CCN(c2nc(N)c(-c3cccc(Cl)c3Cl)c(C(N)=O)n2)C1. The third-order valence-corrected chi connectivity index (χ3v) is 5.10. The number of amides is 1. The van der Waals surface area contributed by atoms with Gasteiger partial charge in [-0.2, -0.15) is 4.98 Å². The van der Waals surface area contributed by atoms with E-state index in [1.54, 1.807) is 18.2 Å². The number of halogens is 2. The van der Waals surface area contributed by atoms with Crippen LogP contribution in [0.2, 0.25) is 10.0 Å². The van der Waals surface area contributed by atoms with Gasteiger partial charge < -0.3 is 22.1 Å². The molecule has 0 radical (unpaired) electrons. The summed E-state index contributed by atoms with van der Waals surface area (Å²) < 4.78 is 0. The van der Waals surface area contributed by atoms with Gasteiger partial charge in [-0.1, -0.05) is 35.3 Å². The quantitative estimate of drug-likeness (QED) is 0.743. The van der Waals surface area contributed by atoms with Crippen molar-refractivity contribution in [2.24, 2.45) is 17.4 Å². The summed E-state index contributed by atoms with van der Waals surface area (Å²) in [6, 6.07) is 5.03. The molecule has 3 rings (SSSR count). The lowest BCUT2D eigenvalue weighted by molar-refractivity contribution is 0.0996. The summed E-state index contributed by atoms with van der Waals surface area (Å²) in [6.07, 6.45) is 0.938. The van der Waals surface area contributed by atoms with Crippen molar-refractivity contribution in [3.8, 4) is 11.1 Å². The van der Waals surface area contributed by atoms with E-state index in [1.807, 2.05) is 4.90 Å². The maximum absolute atomic E-state index is 12.0. The van der Waals surface area contributed by atoms with Crippen LogP contribution in [0, 0.1) is 5.92 Å². The van der Waals surface area contributed by atoms with Gasteiger partial charge in [-0.05, 0) is 24.9 Å². The molecule has 1 atom stereocenters. The van der Waals surface area contributed by atoms with Gasteiger partial charge in [0, 0.05) is 18.7 Å². The van der Waals surface area contributed by atoms with Crippen molar-refractivity contribution >= 4 is 40.9 Å². The molecule has 6 N–H and O–H groups in total. The summed E-state index contributed by atoms with van der Waals surface area (Å²) in [5.41, 5.74) is 18.2. The van der Waals surface area contributed by atoms with Gasteiger partial charge in [-0.15, -0.1) is 0 Å². The van der Waals surface area contributed by atoms with Crippen molar-refractivity contribution in [3.05, 3.63) is 33.9 Å². The number of carbonyl (C=O) groups excluding carboxylic acids is 1. The molecule has 2 heterocycles. The minimum Gasteiger partial charge on any atom is -0.383 e. The molecular formula is C16H18Cl2N6O. The van der Waals surface area contributed by atoms with Crippen molar-refractivity contribution in [1.29, 1.82) is 0 Å². The summed E-state index contributed by atoms with van der Waals surface area (Å²) in [7, 11) is 0. The average molecular weight is 381 g/mol. The number of nitrogens with two attached hydrogens (primary N) is 3. The maximum Gasteiger partial charge on any atom is 0.268 e. The van der Waals surface area contributed by atoms with Crippen molar-refractivity contribution in [3.63, 3.8) is 0 Å². The number of anilines is 2. The molecule has 1 saturated heterocycles. The van der Waals surface area contributed by atoms with Crippen LogP contribution in [0.3, 0.4) is 0 Å². The Morgan fingerprint density at radius 3 is 2.72 bits per heavy atom. The Labute approximate surface area is 155 Å². The van der Waals surface area contributed by atoms with E-state index in [-0.39, 0.29) is 16.5 Å². The fourth-order valence-electron chi connectivity index (χ4n) is 2.95.